The Morgan fingerprint density at radius 3 is 2.25 bits per heavy atom. The maximum absolute atomic E-state index is 12.3. The maximum atomic E-state index is 12.3. The van der Waals surface area contributed by atoms with Crippen molar-refractivity contribution in [3.8, 4) is 11.4 Å². The van der Waals surface area contributed by atoms with Gasteiger partial charge in [-0.2, -0.15) is 4.63 Å². The zero-order valence-electron chi connectivity index (χ0n) is 21.5. The summed E-state index contributed by atoms with van der Waals surface area (Å²) in [5.41, 5.74) is 2.99. The van der Waals surface area contributed by atoms with Crippen LogP contribution in [-0.2, 0) is 9.59 Å². The fourth-order valence-electron chi connectivity index (χ4n) is 4.10. The van der Waals surface area contributed by atoms with Crippen molar-refractivity contribution in [3.63, 3.8) is 0 Å². The van der Waals surface area contributed by atoms with Crippen LogP contribution in [0.1, 0.15) is 89.7 Å². The minimum Gasteiger partial charge on any atom is -0.356 e. The number of H-pyrrole nitrogens is 1. The quantitative estimate of drug-likeness (QED) is 0.191. The Hall–Kier alpha value is -2.87. The van der Waals surface area contributed by atoms with E-state index in [1.807, 2.05) is 31.2 Å². The van der Waals surface area contributed by atoms with E-state index < -0.39 is 0 Å². The molecule has 2 aromatic heterocycles. The zero-order valence-corrected chi connectivity index (χ0v) is 22.3. The molecule has 0 atom stereocenters. The van der Waals surface area contributed by atoms with Crippen molar-refractivity contribution >= 4 is 34.7 Å². The molecule has 3 N–H and O–H groups in total. The molecule has 0 unspecified atom stereocenters. The summed E-state index contributed by atoms with van der Waals surface area (Å²) in [6.07, 6.45) is 12.2. The molecule has 0 fully saturated rings. The smallest absolute Gasteiger partial charge is 0.224 e. The number of rotatable bonds is 16. The number of anilines is 1. The second-order valence-corrected chi connectivity index (χ2v) is 9.76. The highest BCUT2D eigenvalue weighted by Crippen LogP contribution is 2.24. The van der Waals surface area contributed by atoms with Crippen LogP contribution in [0.15, 0.2) is 24.3 Å². The van der Waals surface area contributed by atoms with Gasteiger partial charge in [-0.1, -0.05) is 63.5 Å². The van der Waals surface area contributed by atoms with Gasteiger partial charge in [0.25, 0.3) is 0 Å². The van der Waals surface area contributed by atoms with Crippen LogP contribution in [0, 0.1) is 6.92 Å². The minimum absolute atomic E-state index is 0.0126. The average Bonchev–Trinajstić information content (AvgIpc) is 3.39. The molecule has 0 saturated carbocycles. The lowest BCUT2D eigenvalue weighted by molar-refractivity contribution is -0.121. The normalized spacial score (nSPS) is 11.2. The van der Waals surface area contributed by atoms with Crippen LogP contribution in [-0.4, -0.2) is 38.2 Å². The molecule has 8 nitrogen and oxygen atoms in total. The van der Waals surface area contributed by atoms with Gasteiger partial charge in [0.1, 0.15) is 5.02 Å². The topological polar surface area (TPSA) is 104 Å². The van der Waals surface area contributed by atoms with Crippen molar-refractivity contribution in [2.45, 2.75) is 90.9 Å². The van der Waals surface area contributed by atoms with E-state index in [1.54, 1.807) is 4.63 Å². The van der Waals surface area contributed by atoms with Crippen LogP contribution in [0.3, 0.4) is 0 Å². The van der Waals surface area contributed by atoms with Crippen LogP contribution in [0.2, 0.25) is 5.02 Å². The number of unbranched alkanes of at least 4 members (excludes halogenated alkanes) is 8. The van der Waals surface area contributed by atoms with Gasteiger partial charge in [0.2, 0.25) is 11.8 Å². The van der Waals surface area contributed by atoms with E-state index in [1.165, 1.54) is 32.1 Å². The predicted molar refractivity (Wildman–Crippen MR) is 145 cm³/mol. The first-order chi connectivity index (χ1) is 17.5. The van der Waals surface area contributed by atoms with Gasteiger partial charge in [-0.15, -0.1) is 5.10 Å². The first kappa shape index (κ1) is 27.7. The third-order valence-corrected chi connectivity index (χ3v) is 6.70. The summed E-state index contributed by atoms with van der Waals surface area (Å²) in [6, 6.07) is 7.44. The van der Waals surface area contributed by atoms with Crippen molar-refractivity contribution in [1.29, 1.82) is 0 Å². The first-order valence-corrected chi connectivity index (χ1v) is 13.6. The molecule has 196 valence electrons. The summed E-state index contributed by atoms with van der Waals surface area (Å²) in [5, 5.41) is 13.9. The van der Waals surface area contributed by atoms with Gasteiger partial charge < -0.3 is 10.6 Å². The number of benzene rings is 1. The van der Waals surface area contributed by atoms with Crippen LogP contribution in [0.4, 0.5) is 5.69 Å². The predicted octanol–water partition coefficient (Wildman–Crippen LogP) is 6.44. The lowest BCUT2D eigenvalue weighted by Gasteiger charge is -2.07. The SMILES string of the molecule is CCCCCCCCCC(=O)NCCCCCC(=O)Nc1ccc(-c2nc3c(Cl)c(C)[nH]n3n2)cc1. The van der Waals surface area contributed by atoms with Gasteiger partial charge in [-0.3, -0.25) is 14.7 Å². The highest BCUT2D eigenvalue weighted by molar-refractivity contribution is 6.34. The highest BCUT2D eigenvalue weighted by Gasteiger charge is 2.13. The largest absolute Gasteiger partial charge is 0.356 e. The molecule has 0 saturated heterocycles. The minimum atomic E-state index is -0.0126. The van der Waals surface area contributed by atoms with Gasteiger partial charge in [0.15, 0.2) is 11.5 Å². The molecule has 0 spiro atoms. The fraction of sp³-hybridized carbons (Fsp3) is 0.556. The second kappa shape index (κ2) is 14.6. The fourth-order valence-corrected chi connectivity index (χ4v) is 4.27. The van der Waals surface area contributed by atoms with Crippen molar-refractivity contribution in [2.24, 2.45) is 0 Å². The molecule has 3 rings (SSSR count). The second-order valence-electron chi connectivity index (χ2n) is 9.38. The Morgan fingerprint density at radius 1 is 0.917 bits per heavy atom. The number of carbonyl (C=O) groups excluding carboxylic acids is 2. The molecule has 0 bridgehead atoms. The molecule has 3 aromatic rings. The number of nitrogens with one attached hydrogen (secondary N) is 3. The molecule has 0 radical (unpaired) electrons. The number of aryl methyl sites for hydroxylation is 1. The number of fused-ring (bicyclic) bond motifs is 1. The summed E-state index contributed by atoms with van der Waals surface area (Å²) in [6.45, 7) is 4.77. The van der Waals surface area contributed by atoms with Crippen molar-refractivity contribution in [2.75, 3.05) is 11.9 Å². The van der Waals surface area contributed by atoms with Gasteiger partial charge in [-0.25, -0.2) is 4.98 Å². The summed E-state index contributed by atoms with van der Waals surface area (Å²) in [4.78, 5) is 28.6. The Labute approximate surface area is 218 Å². The third-order valence-electron chi connectivity index (χ3n) is 6.24. The average molecular weight is 515 g/mol. The molecule has 0 aliphatic rings. The lowest BCUT2D eigenvalue weighted by atomic mass is 10.1. The summed E-state index contributed by atoms with van der Waals surface area (Å²) in [5.74, 6) is 0.697. The van der Waals surface area contributed by atoms with Gasteiger partial charge in [-0.05, 0) is 50.5 Å². The lowest BCUT2D eigenvalue weighted by Crippen LogP contribution is -2.24. The zero-order chi connectivity index (χ0) is 25.8. The third kappa shape index (κ3) is 8.66. The molecular formula is C27H39ClN6O2. The Kier molecular flexibility index (Phi) is 11.3. The van der Waals surface area contributed by atoms with E-state index in [4.69, 9.17) is 11.6 Å². The number of halogens is 1. The molecule has 2 heterocycles. The van der Waals surface area contributed by atoms with Gasteiger partial charge in [0.05, 0.1) is 5.69 Å². The number of hydrogen-bond donors (Lipinski definition) is 3. The van der Waals surface area contributed by atoms with Crippen LogP contribution < -0.4 is 10.6 Å². The van der Waals surface area contributed by atoms with Crippen molar-refractivity contribution in [1.82, 2.24) is 25.1 Å². The Balaban J connectivity index is 1.25. The van der Waals surface area contributed by atoms with Crippen molar-refractivity contribution < 1.29 is 9.59 Å². The molecular weight excluding hydrogens is 476 g/mol. The molecule has 0 aliphatic carbocycles. The number of aromatic amines is 1. The van der Waals surface area contributed by atoms with Gasteiger partial charge in [0, 0.05) is 30.6 Å². The van der Waals surface area contributed by atoms with Crippen LogP contribution in [0.25, 0.3) is 17.0 Å². The van der Waals surface area contributed by atoms with E-state index >= 15 is 0 Å². The Morgan fingerprint density at radius 2 is 1.56 bits per heavy atom. The van der Waals surface area contributed by atoms with E-state index in [0.29, 0.717) is 35.9 Å². The molecule has 2 amide bonds. The number of aromatic nitrogens is 4. The van der Waals surface area contributed by atoms with E-state index in [2.05, 4.69) is 32.7 Å². The molecule has 36 heavy (non-hydrogen) atoms. The van der Waals surface area contributed by atoms with Gasteiger partial charge >= 0.3 is 0 Å². The van der Waals surface area contributed by atoms with E-state index in [-0.39, 0.29) is 11.8 Å². The summed E-state index contributed by atoms with van der Waals surface area (Å²) in [7, 11) is 0. The number of nitrogens with zero attached hydrogens (tertiary/aromatic N) is 3. The molecule has 9 heteroatoms. The summed E-state index contributed by atoms with van der Waals surface area (Å²) < 4.78 is 1.56. The van der Waals surface area contributed by atoms with Crippen LogP contribution >= 0.6 is 11.6 Å². The summed E-state index contributed by atoms with van der Waals surface area (Å²) >= 11 is 6.23. The highest BCUT2D eigenvalue weighted by atomic mass is 35.5. The number of amides is 2. The van der Waals surface area contributed by atoms with E-state index in [0.717, 1.165) is 49.0 Å². The number of carbonyl (C=O) groups is 2. The first-order valence-electron chi connectivity index (χ1n) is 13.3. The Bertz CT molecular complexity index is 1110. The monoisotopic (exact) mass is 514 g/mol. The number of hydrogen-bond acceptors (Lipinski definition) is 4. The van der Waals surface area contributed by atoms with Crippen molar-refractivity contribution in [3.05, 3.63) is 35.0 Å². The maximum Gasteiger partial charge on any atom is 0.224 e. The van der Waals surface area contributed by atoms with Crippen LogP contribution in [0.5, 0.6) is 0 Å². The van der Waals surface area contributed by atoms with E-state index in [9.17, 15) is 9.59 Å². The molecule has 1 aromatic carbocycles. The standard InChI is InChI=1S/C27H39ClN6O2/c1-3-4-5-6-7-8-10-13-23(35)29-19-12-9-11-14-24(36)30-22-17-15-21(16-18-22)26-31-27-25(28)20(2)32-34(27)33-26/h15-18,32H,3-14,19H2,1-2H3,(H,29,35)(H,30,36). The molecule has 0 aliphatic heterocycles.